The summed E-state index contributed by atoms with van der Waals surface area (Å²) < 4.78 is 0. The Morgan fingerprint density at radius 3 is 2.32 bits per heavy atom. The van der Waals surface area contributed by atoms with Crippen molar-refractivity contribution in [3.8, 4) is 0 Å². The Labute approximate surface area is 206 Å². The van der Waals surface area contributed by atoms with E-state index < -0.39 is 4.92 Å². The second-order valence-corrected chi connectivity index (χ2v) is 8.79. The number of nitrogens with zero attached hydrogens (tertiary/aromatic N) is 1. The van der Waals surface area contributed by atoms with Gasteiger partial charge in [0.25, 0.3) is 5.69 Å². The van der Waals surface area contributed by atoms with Gasteiger partial charge in [-0.3, -0.25) is 19.7 Å². The molecule has 34 heavy (non-hydrogen) atoms. The zero-order valence-corrected chi connectivity index (χ0v) is 20.1. The number of carbonyl (C=O) groups is 2. The van der Waals surface area contributed by atoms with Crippen LogP contribution in [-0.4, -0.2) is 27.5 Å². The lowest BCUT2D eigenvalue weighted by molar-refractivity contribution is -0.384. The van der Waals surface area contributed by atoms with Gasteiger partial charge in [0.1, 0.15) is 0 Å². The molecule has 0 aliphatic carbocycles. The number of benzene rings is 3. The lowest BCUT2D eigenvalue weighted by Crippen LogP contribution is -2.19. The molecule has 0 saturated carbocycles. The Morgan fingerprint density at radius 2 is 1.68 bits per heavy atom. The number of thioether (sulfide) groups is 1. The van der Waals surface area contributed by atoms with Crippen molar-refractivity contribution in [2.24, 2.45) is 0 Å². The minimum Gasteiger partial charge on any atom is -0.332 e. The number of nitro groups is 1. The number of rotatable bonds is 8. The van der Waals surface area contributed by atoms with Crippen LogP contribution in [0.2, 0.25) is 0 Å². The van der Waals surface area contributed by atoms with Gasteiger partial charge in [0.15, 0.2) is 10.9 Å². The number of nitrogens with one attached hydrogen (secondary N) is 3. The molecule has 0 heterocycles. The zero-order valence-electron chi connectivity index (χ0n) is 18.5. The summed E-state index contributed by atoms with van der Waals surface area (Å²) in [4.78, 5) is 35.0. The first-order valence-electron chi connectivity index (χ1n) is 10.2. The average Bonchev–Trinajstić information content (AvgIpc) is 2.79. The normalized spacial score (nSPS) is 10.3. The fourth-order valence-electron chi connectivity index (χ4n) is 2.98. The van der Waals surface area contributed by atoms with Crippen molar-refractivity contribution in [2.45, 2.75) is 18.7 Å². The number of anilines is 3. The third-order valence-electron chi connectivity index (χ3n) is 4.71. The molecule has 0 fully saturated rings. The first-order chi connectivity index (χ1) is 16.2. The van der Waals surface area contributed by atoms with Crippen LogP contribution in [0.4, 0.5) is 22.7 Å². The molecule has 0 aromatic heterocycles. The van der Waals surface area contributed by atoms with E-state index in [4.69, 9.17) is 12.2 Å². The van der Waals surface area contributed by atoms with Crippen LogP contribution in [0.3, 0.4) is 0 Å². The van der Waals surface area contributed by atoms with Gasteiger partial charge in [-0.25, -0.2) is 0 Å². The highest BCUT2D eigenvalue weighted by atomic mass is 32.2. The second kappa shape index (κ2) is 11.4. The molecule has 0 radical (unpaired) electrons. The minimum absolute atomic E-state index is 0.00174. The molecule has 0 unspecified atom stereocenters. The number of thiocarbonyl (C=S) groups is 1. The maximum Gasteiger partial charge on any atom is 0.269 e. The summed E-state index contributed by atoms with van der Waals surface area (Å²) >= 11 is 6.72. The molecular formula is C24H22N4O4S2. The molecule has 0 aliphatic rings. The topological polar surface area (TPSA) is 113 Å². The number of carbonyl (C=O) groups excluding carboxylic acids is 2. The second-order valence-electron chi connectivity index (χ2n) is 7.33. The van der Waals surface area contributed by atoms with E-state index in [0.29, 0.717) is 21.9 Å². The standard InChI is InChI=1S/C24H22N4O4S2/c1-15-12-20(28(31)32)10-11-22(15)27-23(30)14-34-21-5-3-4-19(13-21)26-24(33)25-18-8-6-17(7-9-18)16(2)29/h3-13H,14H2,1-2H3,(H,27,30)(H2,25,26,33). The van der Waals surface area contributed by atoms with Crippen molar-refractivity contribution in [3.63, 3.8) is 0 Å². The third kappa shape index (κ3) is 7.12. The molecule has 0 atom stereocenters. The van der Waals surface area contributed by atoms with Gasteiger partial charge in [0, 0.05) is 39.7 Å². The van der Waals surface area contributed by atoms with Crippen molar-refractivity contribution in [3.05, 3.63) is 88.0 Å². The Balaban J connectivity index is 1.53. The molecule has 3 aromatic rings. The number of hydrogen-bond donors (Lipinski definition) is 3. The van der Waals surface area contributed by atoms with E-state index in [0.717, 1.165) is 16.3 Å². The van der Waals surface area contributed by atoms with E-state index in [1.807, 2.05) is 24.3 Å². The number of hydrogen-bond acceptors (Lipinski definition) is 6. The monoisotopic (exact) mass is 494 g/mol. The largest absolute Gasteiger partial charge is 0.332 e. The summed E-state index contributed by atoms with van der Waals surface area (Å²) in [5.74, 6) is -0.0462. The van der Waals surface area contributed by atoms with E-state index in [9.17, 15) is 19.7 Å². The molecular weight excluding hydrogens is 472 g/mol. The van der Waals surface area contributed by atoms with Crippen molar-refractivity contribution in [2.75, 3.05) is 21.7 Å². The van der Waals surface area contributed by atoms with Crippen molar-refractivity contribution in [1.82, 2.24) is 0 Å². The minimum atomic E-state index is -0.471. The highest BCUT2D eigenvalue weighted by Crippen LogP contribution is 2.24. The van der Waals surface area contributed by atoms with Gasteiger partial charge in [-0.15, -0.1) is 11.8 Å². The summed E-state index contributed by atoms with van der Waals surface area (Å²) in [5, 5.41) is 20.2. The van der Waals surface area contributed by atoms with Crippen LogP contribution in [0.25, 0.3) is 0 Å². The number of Topliss-reactive ketones (excluding diaryl/α,β-unsaturated/α-hetero) is 1. The Kier molecular flexibility index (Phi) is 8.34. The summed E-state index contributed by atoms with van der Waals surface area (Å²) in [6, 6.07) is 18.8. The maximum atomic E-state index is 12.4. The Morgan fingerprint density at radius 1 is 0.971 bits per heavy atom. The van der Waals surface area contributed by atoms with Crippen molar-refractivity contribution < 1.29 is 14.5 Å². The molecule has 0 spiro atoms. The van der Waals surface area contributed by atoms with Crippen LogP contribution < -0.4 is 16.0 Å². The predicted octanol–water partition coefficient (Wildman–Crippen LogP) is 5.65. The van der Waals surface area contributed by atoms with Crippen LogP contribution >= 0.6 is 24.0 Å². The smallest absolute Gasteiger partial charge is 0.269 e. The highest BCUT2D eigenvalue weighted by molar-refractivity contribution is 8.00. The SMILES string of the molecule is CC(=O)c1ccc(NC(=S)Nc2cccc(SCC(=O)Nc3ccc([N+](=O)[O-])cc3C)c2)cc1. The number of nitro benzene ring substituents is 1. The molecule has 174 valence electrons. The Bertz CT molecular complexity index is 1250. The molecule has 3 aromatic carbocycles. The van der Waals surface area contributed by atoms with Crippen LogP contribution in [0, 0.1) is 17.0 Å². The lowest BCUT2D eigenvalue weighted by Gasteiger charge is -2.12. The fraction of sp³-hybridized carbons (Fsp3) is 0.125. The molecule has 3 rings (SSSR count). The molecule has 1 amide bonds. The maximum absolute atomic E-state index is 12.4. The summed E-state index contributed by atoms with van der Waals surface area (Å²) in [7, 11) is 0. The highest BCUT2D eigenvalue weighted by Gasteiger charge is 2.11. The van der Waals surface area contributed by atoms with Crippen LogP contribution in [0.5, 0.6) is 0 Å². The van der Waals surface area contributed by atoms with Crippen LogP contribution in [0.15, 0.2) is 71.6 Å². The van der Waals surface area contributed by atoms with E-state index in [2.05, 4.69) is 16.0 Å². The van der Waals surface area contributed by atoms with Gasteiger partial charge in [-0.1, -0.05) is 6.07 Å². The van der Waals surface area contributed by atoms with E-state index >= 15 is 0 Å². The van der Waals surface area contributed by atoms with Crippen molar-refractivity contribution >= 4 is 63.5 Å². The zero-order chi connectivity index (χ0) is 24.7. The summed E-state index contributed by atoms with van der Waals surface area (Å²) in [5.41, 5.74) is 3.28. The molecule has 8 nitrogen and oxygen atoms in total. The van der Waals surface area contributed by atoms with E-state index in [1.54, 1.807) is 31.2 Å². The quantitative estimate of drug-likeness (QED) is 0.121. The number of aryl methyl sites for hydroxylation is 1. The number of ketones is 1. The van der Waals surface area contributed by atoms with Crippen molar-refractivity contribution in [1.29, 1.82) is 0 Å². The first-order valence-corrected chi connectivity index (χ1v) is 11.6. The van der Waals surface area contributed by atoms with Gasteiger partial charge in [-0.05, 0) is 80.2 Å². The van der Waals surface area contributed by atoms with Gasteiger partial charge >= 0.3 is 0 Å². The fourth-order valence-corrected chi connectivity index (χ4v) is 3.97. The average molecular weight is 495 g/mol. The molecule has 0 saturated heterocycles. The number of non-ortho nitro benzene ring substituents is 1. The summed E-state index contributed by atoms with van der Waals surface area (Å²) in [6.07, 6.45) is 0. The van der Waals surface area contributed by atoms with Gasteiger partial charge in [0.2, 0.25) is 5.91 Å². The molecule has 0 aliphatic heterocycles. The lowest BCUT2D eigenvalue weighted by atomic mass is 10.1. The molecule has 3 N–H and O–H groups in total. The summed E-state index contributed by atoms with van der Waals surface area (Å²) in [6.45, 7) is 3.22. The van der Waals surface area contributed by atoms with Crippen LogP contribution in [0.1, 0.15) is 22.8 Å². The molecule has 0 bridgehead atoms. The first kappa shape index (κ1) is 24.9. The van der Waals surface area contributed by atoms with Crippen LogP contribution in [-0.2, 0) is 4.79 Å². The van der Waals surface area contributed by atoms with Gasteiger partial charge in [0.05, 0.1) is 10.7 Å². The van der Waals surface area contributed by atoms with E-state index in [1.165, 1.54) is 36.9 Å². The molecule has 10 heteroatoms. The van der Waals surface area contributed by atoms with Gasteiger partial charge in [-0.2, -0.15) is 0 Å². The number of amides is 1. The third-order valence-corrected chi connectivity index (χ3v) is 5.90. The van der Waals surface area contributed by atoms with E-state index in [-0.39, 0.29) is 23.1 Å². The predicted molar refractivity (Wildman–Crippen MR) is 140 cm³/mol. The Hall–Kier alpha value is -3.76. The van der Waals surface area contributed by atoms with Gasteiger partial charge < -0.3 is 16.0 Å².